The fraction of sp³-hybridized carbons (Fsp3) is 0.353. The first-order chi connectivity index (χ1) is 12.5. The Morgan fingerprint density at radius 2 is 2.27 bits per heavy atom. The van der Waals surface area contributed by atoms with Crippen LogP contribution in [0.25, 0.3) is 17.1 Å². The lowest BCUT2D eigenvalue weighted by Gasteiger charge is -2.08. The van der Waals surface area contributed by atoms with Crippen molar-refractivity contribution in [1.29, 1.82) is 0 Å². The molecule has 1 N–H and O–H groups in total. The molecule has 4 heterocycles. The van der Waals surface area contributed by atoms with Gasteiger partial charge in [-0.2, -0.15) is 5.10 Å². The number of carbonyl (C=O) groups is 1. The van der Waals surface area contributed by atoms with E-state index in [-0.39, 0.29) is 17.4 Å². The van der Waals surface area contributed by atoms with Gasteiger partial charge in [0.1, 0.15) is 5.69 Å². The quantitative estimate of drug-likeness (QED) is 0.716. The summed E-state index contributed by atoms with van der Waals surface area (Å²) < 4.78 is 29.9. The molecule has 0 aromatic carbocycles. The molecule has 0 aliphatic carbocycles. The monoisotopic (exact) mass is 374 g/mol. The molecule has 0 spiro atoms. The summed E-state index contributed by atoms with van der Waals surface area (Å²) in [6.45, 7) is 0.407. The normalized spacial score (nSPS) is 19.0. The van der Waals surface area contributed by atoms with E-state index in [2.05, 4.69) is 15.4 Å². The standard InChI is InChI=1S/C17H18N4O4S/c22-17(12-5-9-26(23,24)11-12)18-6-3-13-10-16-19-14(4-7-21(16)20-13)15-2-1-8-25-15/h1-2,4,7-8,10,12H,3,5-6,9,11H2,(H,18,22). The fourth-order valence-electron chi connectivity index (χ4n) is 3.07. The summed E-state index contributed by atoms with van der Waals surface area (Å²) in [6.07, 6.45) is 4.36. The molecule has 8 nitrogen and oxygen atoms in total. The number of fused-ring (bicyclic) bond motifs is 1. The third-order valence-electron chi connectivity index (χ3n) is 4.43. The molecule has 1 amide bonds. The van der Waals surface area contributed by atoms with Gasteiger partial charge in [-0.05, 0) is 24.6 Å². The van der Waals surface area contributed by atoms with Crippen LogP contribution in [0.4, 0.5) is 0 Å². The van der Waals surface area contributed by atoms with E-state index in [9.17, 15) is 13.2 Å². The Bertz CT molecular complexity index is 1040. The molecule has 1 aliphatic heterocycles. The largest absolute Gasteiger partial charge is 0.463 e. The summed E-state index contributed by atoms with van der Waals surface area (Å²) in [7, 11) is -3.05. The highest BCUT2D eigenvalue weighted by molar-refractivity contribution is 7.91. The molecule has 1 aliphatic rings. The Hall–Kier alpha value is -2.68. The van der Waals surface area contributed by atoms with Crippen LogP contribution in [0.2, 0.25) is 0 Å². The van der Waals surface area contributed by atoms with Crippen LogP contribution in [0.5, 0.6) is 0 Å². The predicted molar refractivity (Wildman–Crippen MR) is 94.2 cm³/mol. The SMILES string of the molecule is O=C(NCCc1cc2nc(-c3ccco3)ccn2n1)C1CCS(=O)(=O)C1. The van der Waals surface area contributed by atoms with Gasteiger partial charge in [0.2, 0.25) is 5.91 Å². The molecule has 1 atom stereocenters. The molecule has 26 heavy (non-hydrogen) atoms. The van der Waals surface area contributed by atoms with Crippen molar-refractivity contribution in [3.63, 3.8) is 0 Å². The Labute approximate surface area is 150 Å². The molecule has 0 bridgehead atoms. The van der Waals surface area contributed by atoms with Gasteiger partial charge >= 0.3 is 0 Å². The first-order valence-electron chi connectivity index (χ1n) is 8.37. The van der Waals surface area contributed by atoms with Crippen LogP contribution in [-0.4, -0.2) is 47.0 Å². The van der Waals surface area contributed by atoms with E-state index in [0.717, 1.165) is 11.4 Å². The van der Waals surface area contributed by atoms with Crippen LogP contribution in [0, 0.1) is 5.92 Å². The molecule has 3 aromatic heterocycles. The Kier molecular flexibility index (Phi) is 4.23. The van der Waals surface area contributed by atoms with Gasteiger partial charge in [-0.25, -0.2) is 17.9 Å². The smallest absolute Gasteiger partial charge is 0.224 e. The maximum Gasteiger partial charge on any atom is 0.224 e. The zero-order valence-electron chi connectivity index (χ0n) is 14.0. The van der Waals surface area contributed by atoms with Gasteiger partial charge < -0.3 is 9.73 Å². The number of hydrogen-bond donors (Lipinski definition) is 1. The lowest BCUT2D eigenvalue weighted by atomic mass is 10.1. The van der Waals surface area contributed by atoms with Crippen LogP contribution in [-0.2, 0) is 21.1 Å². The van der Waals surface area contributed by atoms with E-state index in [1.54, 1.807) is 16.8 Å². The van der Waals surface area contributed by atoms with Crippen molar-refractivity contribution in [2.45, 2.75) is 12.8 Å². The predicted octanol–water partition coefficient (Wildman–Crippen LogP) is 1.08. The van der Waals surface area contributed by atoms with Gasteiger partial charge in [-0.3, -0.25) is 4.79 Å². The first kappa shape index (κ1) is 16.8. The topological polar surface area (TPSA) is 107 Å². The van der Waals surface area contributed by atoms with E-state index in [0.29, 0.717) is 30.8 Å². The van der Waals surface area contributed by atoms with Crippen LogP contribution in [0.3, 0.4) is 0 Å². The summed E-state index contributed by atoms with van der Waals surface area (Å²) in [5.41, 5.74) is 2.22. The van der Waals surface area contributed by atoms with Crippen molar-refractivity contribution in [3.05, 3.63) is 42.4 Å². The highest BCUT2D eigenvalue weighted by Gasteiger charge is 2.32. The lowest BCUT2D eigenvalue weighted by Crippen LogP contribution is -2.32. The number of amides is 1. The number of furan rings is 1. The van der Waals surface area contributed by atoms with Crippen LogP contribution in [0.1, 0.15) is 12.1 Å². The van der Waals surface area contributed by atoms with Crippen molar-refractivity contribution >= 4 is 21.4 Å². The number of sulfone groups is 1. The maximum atomic E-state index is 12.0. The highest BCUT2D eigenvalue weighted by atomic mass is 32.2. The average Bonchev–Trinajstić information content (AvgIpc) is 3.32. The molecular weight excluding hydrogens is 356 g/mol. The molecule has 3 aromatic rings. The molecule has 0 radical (unpaired) electrons. The van der Waals surface area contributed by atoms with Gasteiger partial charge in [0.25, 0.3) is 0 Å². The minimum Gasteiger partial charge on any atom is -0.463 e. The summed E-state index contributed by atoms with van der Waals surface area (Å²) in [5.74, 6) is 0.106. The van der Waals surface area contributed by atoms with Gasteiger partial charge in [0.05, 0.1) is 29.4 Å². The van der Waals surface area contributed by atoms with Crippen molar-refractivity contribution in [2.24, 2.45) is 5.92 Å². The molecule has 136 valence electrons. The number of aromatic nitrogens is 3. The zero-order valence-corrected chi connectivity index (χ0v) is 14.8. The second-order valence-corrected chi connectivity index (χ2v) is 8.60. The third kappa shape index (κ3) is 3.48. The van der Waals surface area contributed by atoms with Crippen molar-refractivity contribution in [3.8, 4) is 11.5 Å². The fourth-order valence-corrected chi connectivity index (χ4v) is 4.81. The first-order valence-corrected chi connectivity index (χ1v) is 10.2. The third-order valence-corrected chi connectivity index (χ3v) is 6.20. The maximum absolute atomic E-state index is 12.0. The van der Waals surface area contributed by atoms with E-state index in [4.69, 9.17) is 4.42 Å². The number of nitrogens with zero attached hydrogens (tertiary/aromatic N) is 3. The number of nitrogens with one attached hydrogen (secondary N) is 1. The molecule has 4 rings (SSSR count). The van der Waals surface area contributed by atoms with Crippen LogP contribution >= 0.6 is 0 Å². The van der Waals surface area contributed by atoms with Crippen molar-refractivity contribution in [1.82, 2.24) is 19.9 Å². The zero-order chi connectivity index (χ0) is 18.1. The molecule has 1 unspecified atom stereocenters. The second kappa shape index (κ2) is 6.56. The Balaban J connectivity index is 1.38. The van der Waals surface area contributed by atoms with Gasteiger partial charge in [-0.15, -0.1) is 0 Å². The van der Waals surface area contributed by atoms with Crippen molar-refractivity contribution in [2.75, 3.05) is 18.1 Å². The van der Waals surface area contributed by atoms with E-state index >= 15 is 0 Å². The lowest BCUT2D eigenvalue weighted by molar-refractivity contribution is -0.124. The van der Waals surface area contributed by atoms with Crippen LogP contribution < -0.4 is 5.32 Å². The van der Waals surface area contributed by atoms with E-state index < -0.39 is 15.8 Å². The number of rotatable bonds is 5. The summed E-state index contributed by atoms with van der Waals surface area (Å²) >= 11 is 0. The highest BCUT2D eigenvalue weighted by Crippen LogP contribution is 2.19. The van der Waals surface area contributed by atoms with Gasteiger partial charge in [-0.1, -0.05) is 0 Å². The number of carbonyl (C=O) groups excluding carboxylic acids is 1. The molecular formula is C17H18N4O4S. The Morgan fingerprint density at radius 1 is 1.38 bits per heavy atom. The van der Waals surface area contributed by atoms with E-state index in [1.807, 2.05) is 24.4 Å². The molecule has 0 saturated carbocycles. The van der Waals surface area contributed by atoms with E-state index in [1.165, 1.54) is 0 Å². The summed E-state index contributed by atoms with van der Waals surface area (Å²) in [6, 6.07) is 7.33. The Morgan fingerprint density at radius 3 is 3.00 bits per heavy atom. The number of hydrogen-bond acceptors (Lipinski definition) is 6. The molecule has 9 heteroatoms. The minimum atomic E-state index is -3.05. The second-order valence-electron chi connectivity index (χ2n) is 6.37. The summed E-state index contributed by atoms with van der Waals surface area (Å²) in [4.78, 5) is 16.6. The summed E-state index contributed by atoms with van der Waals surface area (Å²) in [5, 5.41) is 7.23. The van der Waals surface area contributed by atoms with Crippen LogP contribution in [0.15, 0.2) is 41.1 Å². The molecule has 1 fully saturated rings. The molecule has 1 saturated heterocycles. The average molecular weight is 374 g/mol. The van der Waals surface area contributed by atoms with Gasteiger partial charge in [0.15, 0.2) is 21.2 Å². The van der Waals surface area contributed by atoms with Crippen molar-refractivity contribution < 1.29 is 17.6 Å². The van der Waals surface area contributed by atoms with Gasteiger partial charge in [0, 0.05) is 25.2 Å². The minimum absolute atomic E-state index is 0.0489.